The van der Waals surface area contributed by atoms with Crippen molar-refractivity contribution in [3.63, 3.8) is 0 Å². The zero-order chi connectivity index (χ0) is 20.6. The first-order chi connectivity index (χ1) is 14.7. The highest BCUT2D eigenvalue weighted by molar-refractivity contribution is 5.76. The number of fused-ring (bicyclic) bond motifs is 2. The monoisotopic (exact) mass is 396 g/mol. The van der Waals surface area contributed by atoms with Gasteiger partial charge >= 0.3 is 0 Å². The fourth-order valence-corrected chi connectivity index (χ4v) is 4.22. The Morgan fingerprint density at radius 2 is 1.27 bits per heavy atom. The fourth-order valence-electron chi connectivity index (χ4n) is 4.22. The van der Waals surface area contributed by atoms with Crippen molar-refractivity contribution < 1.29 is 0 Å². The van der Waals surface area contributed by atoms with Gasteiger partial charge in [0.05, 0.1) is 11.0 Å². The standard InChI is InChI=1S/C24H24N6/c1-3-4-17-24(19-15-13-18(2)14-16-19,29-22-11-7-5-9-20(22)25-27-29)30-23-12-8-6-10-21(23)26-28-30/h5-16H,3-4,17H2,1-2H3. The van der Waals surface area contributed by atoms with Crippen molar-refractivity contribution in [3.05, 3.63) is 83.9 Å². The van der Waals surface area contributed by atoms with Gasteiger partial charge in [0.2, 0.25) is 0 Å². The Labute approximate surface area is 175 Å². The molecule has 6 heteroatoms. The van der Waals surface area contributed by atoms with Crippen molar-refractivity contribution in [2.75, 3.05) is 0 Å². The zero-order valence-electron chi connectivity index (χ0n) is 17.2. The summed E-state index contributed by atoms with van der Waals surface area (Å²) < 4.78 is 4.06. The number of unbranched alkanes of at least 4 members (excludes halogenated alkanes) is 1. The Hall–Kier alpha value is -3.54. The summed E-state index contributed by atoms with van der Waals surface area (Å²) in [6.07, 6.45) is 2.90. The average molecular weight is 396 g/mol. The molecule has 5 aromatic rings. The summed E-state index contributed by atoms with van der Waals surface area (Å²) in [5, 5.41) is 18.3. The molecule has 0 N–H and O–H groups in total. The highest BCUT2D eigenvalue weighted by atomic mass is 15.6. The number of rotatable bonds is 6. The summed E-state index contributed by atoms with van der Waals surface area (Å²) in [6.45, 7) is 4.31. The topological polar surface area (TPSA) is 61.4 Å². The maximum absolute atomic E-state index is 4.66. The van der Waals surface area contributed by atoms with Crippen LogP contribution in [0.15, 0.2) is 72.8 Å². The van der Waals surface area contributed by atoms with Crippen LogP contribution in [0.3, 0.4) is 0 Å². The van der Waals surface area contributed by atoms with Gasteiger partial charge in [-0.2, -0.15) is 0 Å². The molecule has 0 saturated heterocycles. The molecule has 0 amide bonds. The minimum Gasteiger partial charge on any atom is -0.213 e. The Morgan fingerprint density at radius 1 is 0.733 bits per heavy atom. The van der Waals surface area contributed by atoms with Gasteiger partial charge < -0.3 is 0 Å². The van der Waals surface area contributed by atoms with E-state index in [0.29, 0.717) is 0 Å². The molecule has 0 aliphatic carbocycles. The van der Waals surface area contributed by atoms with Gasteiger partial charge in [0.1, 0.15) is 11.0 Å². The molecule has 0 atom stereocenters. The van der Waals surface area contributed by atoms with E-state index in [1.807, 2.05) is 45.8 Å². The Kier molecular flexibility index (Phi) is 4.54. The third-order valence-electron chi connectivity index (χ3n) is 5.80. The number of aryl methyl sites for hydroxylation is 1. The molecule has 6 nitrogen and oxygen atoms in total. The molecule has 3 aromatic carbocycles. The van der Waals surface area contributed by atoms with Gasteiger partial charge in [0.25, 0.3) is 0 Å². The van der Waals surface area contributed by atoms with Crippen molar-refractivity contribution >= 4 is 22.1 Å². The fraction of sp³-hybridized carbons (Fsp3) is 0.250. The quantitative estimate of drug-likeness (QED) is 0.408. The van der Waals surface area contributed by atoms with Gasteiger partial charge in [-0.25, -0.2) is 9.36 Å². The number of hydrogen-bond donors (Lipinski definition) is 0. The van der Waals surface area contributed by atoms with Gasteiger partial charge in [0.15, 0.2) is 5.66 Å². The van der Waals surface area contributed by atoms with Crippen LogP contribution in [0.2, 0.25) is 0 Å². The predicted octanol–water partition coefficient (Wildman–Crippen LogP) is 4.92. The van der Waals surface area contributed by atoms with Crippen LogP contribution < -0.4 is 0 Å². The summed E-state index contributed by atoms with van der Waals surface area (Å²) in [5.74, 6) is 0. The summed E-state index contributed by atoms with van der Waals surface area (Å²) in [5.41, 5.74) is 5.37. The molecule has 0 radical (unpaired) electrons. The van der Waals surface area contributed by atoms with E-state index in [1.165, 1.54) is 5.56 Å². The first-order valence-corrected chi connectivity index (χ1v) is 10.4. The van der Waals surface area contributed by atoms with Gasteiger partial charge in [-0.15, -0.1) is 10.2 Å². The number of hydrogen-bond acceptors (Lipinski definition) is 4. The van der Waals surface area contributed by atoms with E-state index in [-0.39, 0.29) is 0 Å². The van der Waals surface area contributed by atoms with E-state index in [0.717, 1.165) is 46.9 Å². The van der Waals surface area contributed by atoms with Crippen LogP contribution in [-0.4, -0.2) is 30.0 Å². The molecule has 0 unspecified atom stereocenters. The number of para-hydroxylation sites is 2. The first-order valence-electron chi connectivity index (χ1n) is 10.4. The second-order valence-electron chi connectivity index (χ2n) is 7.77. The van der Waals surface area contributed by atoms with E-state index in [4.69, 9.17) is 0 Å². The van der Waals surface area contributed by atoms with Crippen LogP contribution in [0, 0.1) is 6.92 Å². The molecular weight excluding hydrogens is 372 g/mol. The predicted molar refractivity (Wildman–Crippen MR) is 118 cm³/mol. The summed E-state index contributed by atoms with van der Waals surface area (Å²) in [4.78, 5) is 0. The molecule has 30 heavy (non-hydrogen) atoms. The molecule has 150 valence electrons. The van der Waals surface area contributed by atoms with Gasteiger partial charge in [-0.1, -0.05) is 77.9 Å². The Morgan fingerprint density at radius 3 is 1.80 bits per heavy atom. The number of nitrogens with zero attached hydrogens (tertiary/aromatic N) is 6. The van der Waals surface area contributed by atoms with Crippen molar-refractivity contribution in [2.45, 2.75) is 38.8 Å². The van der Waals surface area contributed by atoms with Crippen molar-refractivity contribution in [1.82, 2.24) is 30.0 Å². The van der Waals surface area contributed by atoms with E-state index in [1.54, 1.807) is 0 Å². The summed E-state index contributed by atoms with van der Waals surface area (Å²) in [6, 6.07) is 24.8. The van der Waals surface area contributed by atoms with Crippen LogP contribution in [-0.2, 0) is 5.66 Å². The van der Waals surface area contributed by atoms with Crippen molar-refractivity contribution in [3.8, 4) is 0 Å². The molecule has 2 aromatic heterocycles. The van der Waals surface area contributed by atoms with Crippen LogP contribution in [0.5, 0.6) is 0 Å². The normalized spacial score (nSPS) is 12.1. The number of aromatic nitrogens is 6. The molecule has 0 aliphatic rings. The smallest absolute Gasteiger partial charge is 0.184 e. The van der Waals surface area contributed by atoms with Crippen molar-refractivity contribution in [2.24, 2.45) is 0 Å². The van der Waals surface area contributed by atoms with E-state index < -0.39 is 5.66 Å². The van der Waals surface area contributed by atoms with E-state index >= 15 is 0 Å². The lowest BCUT2D eigenvalue weighted by Gasteiger charge is -2.35. The van der Waals surface area contributed by atoms with Gasteiger partial charge in [-0.05, 0) is 44.0 Å². The third-order valence-corrected chi connectivity index (χ3v) is 5.80. The molecule has 0 bridgehead atoms. The SMILES string of the molecule is CCCCC(c1ccc(C)cc1)(n1nnc2ccccc21)n1nnc2ccccc21. The second-order valence-corrected chi connectivity index (χ2v) is 7.77. The lowest BCUT2D eigenvalue weighted by molar-refractivity contribution is 0.219. The summed E-state index contributed by atoms with van der Waals surface area (Å²) >= 11 is 0. The average Bonchev–Trinajstić information content (AvgIpc) is 3.41. The molecular formula is C24H24N6. The number of benzene rings is 3. The first kappa shape index (κ1) is 18.5. The Bertz CT molecular complexity index is 1220. The van der Waals surface area contributed by atoms with Crippen LogP contribution >= 0.6 is 0 Å². The molecule has 0 aliphatic heterocycles. The highest BCUT2D eigenvalue weighted by Gasteiger charge is 2.40. The second kappa shape index (κ2) is 7.37. The highest BCUT2D eigenvalue weighted by Crippen LogP contribution is 2.37. The van der Waals surface area contributed by atoms with Gasteiger partial charge in [0, 0.05) is 5.56 Å². The molecule has 0 spiro atoms. The van der Waals surface area contributed by atoms with Gasteiger partial charge in [-0.3, -0.25) is 0 Å². The lowest BCUT2D eigenvalue weighted by atomic mass is 9.92. The Balaban J connectivity index is 1.89. The summed E-state index contributed by atoms with van der Waals surface area (Å²) in [7, 11) is 0. The van der Waals surface area contributed by atoms with Crippen LogP contribution in [0.4, 0.5) is 0 Å². The van der Waals surface area contributed by atoms with E-state index in [9.17, 15) is 0 Å². The lowest BCUT2D eigenvalue weighted by Crippen LogP contribution is -2.44. The molecule has 2 heterocycles. The van der Waals surface area contributed by atoms with E-state index in [2.05, 4.69) is 70.9 Å². The van der Waals surface area contributed by atoms with Crippen LogP contribution in [0.25, 0.3) is 22.1 Å². The van der Waals surface area contributed by atoms with Crippen LogP contribution in [0.1, 0.15) is 37.3 Å². The minimum absolute atomic E-state index is 0.671. The third kappa shape index (κ3) is 2.79. The van der Waals surface area contributed by atoms with Crippen molar-refractivity contribution in [1.29, 1.82) is 0 Å². The maximum atomic E-state index is 4.66. The molecule has 5 rings (SSSR count). The zero-order valence-corrected chi connectivity index (χ0v) is 17.2. The largest absolute Gasteiger partial charge is 0.213 e. The maximum Gasteiger partial charge on any atom is 0.184 e. The molecule has 0 fully saturated rings. The molecule has 0 saturated carbocycles. The minimum atomic E-state index is -0.671.